The molecule has 1 N–H and O–H groups in total. The third kappa shape index (κ3) is 5.22. The summed E-state index contributed by atoms with van der Waals surface area (Å²) in [6, 6.07) is 3.36. The van der Waals surface area contributed by atoms with Crippen molar-refractivity contribution in [2.24, 2.45) is 0 Å². The van der Waals surface area contributed by atoms with Gasteiger partial charge < -0.3 is 9.84 Å². The van der Waals surface area contributed by atoms with E-state index < -0.39 is 5.97 Å². The first-order valence-corrected chi connectivity index (χ1v) is 4.41. The van der Waals surface area contributed by atoms with Crippen LogP contribution in [0, 0.1) is 0 Å². The number of halogens is 1. The molecule has 0 radical (unpaired) electrons. The van der Waals surface area contributed by atoms with E-state index in [9.17, 15) is 4.79 Å². The molecule has 0 aliphatic heterocycles. The smallest absolute Gasteiger partial charge is 0.309 e. The highest BCUT2D eigenvalue weighted by Gasteiger charge is 2.04. The second-order valence-corrected chi connectivity index (χ2v) is 3.22. The molecule has 0 aliphatic rings. The van der Waals surface area contributed by atoms with E-state index in [0.29, 0.717) is 11.4 Å². The number of rotatable bonds is 4. The van der Waals surface area contributed by atoms with Gasteiger partial charge in [-0.1, -0.05) is 0 Å². The molecule has 15 heavy (non-hydrogen) atoms. The van der Waals surface area contributed by atoms with Gasteiger partial charge in [0.1, 0.15) is 5.75 Å². The molecule has 0 bridgehead atoms. The van der Waals surface area contributed by atoms with Crippen molar-refractivity contribution in [3.05, 3.63) is 24.0 Å². The molecule has 0 unspecified atom stereocenters. The summed E-state index contributed by atoms with van der Waals surface area (Å²) in [6.45, 7) is 3.83. The number of pyridine rings is 1. The van der Waals surface area contributed by atoms with Crippen LogP contribution in [0.4, 0.5) is 0 Å². The molecule has 1 aromatic rings. The molecule has 84 valence electrons. The van der Waals surface area contributed by atoms with Crippen LogP contribution in [-0.2, 0) is 11.2 Å². The molecule has 1 rings (SSSR count). The molecule has 0 amide bonds. The fraction of sp³-hybridized carbons (Fsp3) is 0.400. The number of carbonyl (C=O) groups is 1. The van der Waals surface area contributed by atoms with Crippen LogP contribution < -0.4 is 4.74 Å². The fourth-order valence-electron chi connectivity index (χ4n) is 1.05. The van der Waals surface area contributed by atoms with E-state index in [2.05, 4.69) is 4.98 Å². The first-order valence-electron chi connectivity index (χ1n) is 4.41. The first-order chi connectivity index (χ1) is 6.58. The third-order valence-electron chi connectivity index (χ3n) is 1.49. The summed E-state index contributed by atoms with van der Waals surface area (Å²) in [5.41, 5.74) is 0.510. The van der Waals surface area contributed by atoms with Gasteiger partial charge in [-0.25, -0.2) is 0 Å². The van der Waals surface area contributed by atoms with Crippen LogP contribution in [0.2, 0.25) is 0 Å². The minimum absolute atomic E-state index is 0. The number of hydrogen-bond acceptors (Lipinski definition) is 3. The SMILES string of the molecule is CC(C)Oc1ccnc(CC(=O)O)c1.Cl. The summed E-state index contributed by atoms with van der Waals surface area (Å²) in [5.74, 6) is -0.231. The van der Waals surface area contributed by atoms with Gasteiger partial charge in [0, 0.05) is 12.3 Å². The molecule has 1 heterocycles. The van der Waals surface area contributed by atoms with Crippen molar-refractivity contribution < 1.29 is 14.6 Å². The molecule has 0 spiro atoms. The zero-order chi connectivity index (χ0) is 10.6. The van der Waals surface area contributed by atoms with Gasteiger partial charge in [-0.15, -0.1) is 12.4 Å². The van der Waals surface area contributed by atoms with E-state index in [1.54, 1.807) is 18.3 Å². The van der Waals surface area contributed by atoms with Crippen LogP contribution in [-0.4, -0.2) is 22.2 Å². The summed E-state index contributed by atoms with van der Waals surface area (Å²) in [5, 5.41) is 8.56. The molecule has 4 nitrogen and oxygen atoms in total. The van der Waals surface area contributed by atoms with E-state index >= 15 is 0 Å². The molecule has 0 saturated heterocycles. The van der Waals surface area contributed by atoms with Gasteiger partial charge in [-0.2, -0.15) is 0 Å². The van der Waals surface area contributed by atoms with E-state index in [1.165, 1.54) is 0 Å². The van der Waals surface area contributed by atoms with Crippen molar-refractivity contribution in [1.29, 1.82) is 0 Å². The summed E-state index contributed by atoms with van der Waals surface area (Å²) in [4.78, 5) is 14.3. The van der Waals surface area contributed by atoms with Gasteiger partial charge in [-0.3, -0.25) is 9.78 Å². The average molecular weight is 232 g/mol. The number of aromatic nitrogens is 1. The maximum absolute atomic E-state index is 10.4. The second-order valence-electron chi connectivity index (χ2n) is 3.22. The molecule has 0 atom stereocenters. The minimum Gasteiger partial charge on any atom is -0.491 e. The molecular weight excluding hydrogens is 218 g/mol. The molecular formula is C10H14ClNO3. The number of carboxylic acids is 1. The topological polar surface area (TPSA) is 59.4 Å². The lowest BCUT2D eigenvalue weighted by molar-refractivity contribution is -0.136. The molecule has 1 aromatic heterocycles. The molecule has 0 aliphatic carbocycles. The van der Waals surface area contributed by atoms with Crippen molar-refractivity contribution in [3.8, 4) is 5.75 Å². The van der Waals surface area contributed by atoms with E-state index in [0.717, 1.165) is 0 Å². The van der Waals surface area contributed by atoms with Crippen LogP contribution in [0.25, 0.3) is 0 Å². The highest BCUT2D eigenvalue weighted by atomic mass is 35.5. The standard InChI is InChI=1S/C10H13NO3.ClH/c1-7(2)14-9-3-4-11-8(5-9)6-10(12)13;/h3-5,7H,6H2,1-2H3,(H,12,13);1H. The molecule has 0 saturated carbocycles. The zero-order valence-electron chi connectivity index (χ0n) is 8.64. The van der Waals surface area contributed by atoms with Crippen molar-refractivity contribution in [1.82, 2.24) is 4.98 Å². The Hall–Kier alpha value is -1.29. The number of aliphatic carboxylic acids is 1. The Morgan fingerprint density at radius 3 is 2.80 bits per heavy atom. The molecule has 0 fully saturated rings. The maximum atomic E-state index is 10.4. The Morgan fingerprint density at radius 1 is 1.60 bits per heavy atom. The van der Waals surface area contributed by atoms with Crippen LogP contribution in [0.3, 0.4) is 0 Å². The normalized spacial score (nSPS) is 9.53. The van der Waals surface area contributed by atoms with Crippen LogP contribution in [0.15, 0.2) is 18.3 Å². The van der Waals surface area contributed by atoms with Gasteiger partial charge in [0.2, 0.25) is 0 Å². The van der Waals surface area contributed by atoms with Crippen molar-refractivity contribution in [2.45, 2.75) is 26.4 Å². The minimum atomic E-state index is -0.890. The Morgan fingerprint density at radius 2 is 2.27 bits per heavy atom. The predicted octanol–water partition coefficient (Wildman–Crippen LogP) is 1.92. The van der Waals surface area contributed by atoms with Gasteiger partial charge in [-0.05, 0) is 19.9 Å². The van der Waals surface area contributed by atoms with Crippen molar-refractivity contribution in [2.75, 3.05) is 0 Å². The predicted molar refractivity (Wildman–Crippen MR) is 58.6 cm³/mol. The van der Waals surface area contributed by atoms with Gasteiger partial charge in [0.05, 0.1) is 18.2 Å². The Labute approximate surface area is 94.7 Å². The molecule has 5 heteroatoms. The maximum Gasteiger partial charge on any atom is 0.309 e. The van der Waals surface area contributed by atoms with Crippen LogP contribution in [0.5, 0.6) is 5.75 Å². The van der Waals surface area contributed by atoms with E-state index in [-0.39, 0.29) is 24.9 Å². The summed E-state index contributed by atoms with van der Waals surface area (Å²) >= 11 is 0. The summed E-state index contributed by atoms with van der Waals surface area (Å²) < 4.78 is 5.40. The summed E-state index contributed by atoms with van der Waals surface area (Å²) in [7, 11) is 0. The number of nitrogens with zero attached hydrogens (tertiary/aromatic N) is 1. The van der Waals surface area contributed by atoms with E-state index in [1.807, 2.05) is 13.8 Å². The number of hydrogen-bond donors (Lipinski definition) is 1. The van der Waals surface area contributed by atoms with Gasteiger partial charge in [0.15, 0.2) is 0 Å². The third-order valence-corrected chi connectivity index (χ3v) is 1.49. The Kier molecular flexibility index (Phi) is 5.70. The Bertz CT molecular complexity index is 328. The van der Waals surface area contributed by atoms with Crippen molar-refractivity contribution in [3.63, 3.8) is 0 Å². The van der Waals surface area contributed by atoms with Crippen molar-refractivity contribution >= 4 is 18.4 Å². The fourth-order valence-corrected chi connectivity index (χ4v) is 1.05. The largest absolute Gasteiger partial charge is 0.491 e. The number of ether oxygens (including phenoxy) is 1. The first kappa shape index (κ1) is 13.7. The van der Waals surface area contributed by atoms with E-state index in [4.69, 9.17) is 9.84 Å². The number of carboxylic acid groups (broad SMARTS) is 1. The second kappa shape index (κ2) is 6.24. The molecule has 0 aromatic carbocycles. The lowest BCUT2D eigenvalue weighted by Gasteiger charge is -2.09. The van der Waals surface area contributed by atoms with Crippen LogP contribution >= 0.6 is 12.4 Å². The van der Waals surface area contributed by atoms with Gasteiger partial charge >= 0.3 is 5.97 Å². The quantitative estimate of drug-likeness (QED) is 0.860. The lowest BCUT2D eigenvalue weighted by atomic mass is 10.2. The monoisotopic (exact) mass is 231 g/mol. The summed E-state index contributed by atoms with van der Waals surface area (Å²) in [6.07, 6.45) is 1.56. The van der Waals surface area contributed by atoms with Crippen LogP contribution in [0.1, 0.15) is 19.5 Å². The highest BCUT2D eigenvalue weighted by molar-refractivity contribution is 5.85. The average Bonchev–Trinajstić information content (AvgIpc) is 2.01. The van der Waals surface area contributed by atoms with Gasteiger partial charge in [0.25, 0.3) is 0 Å². The lowest BCUT2D eigenvalue weighted by Crippen LogP contribution is -2.07. The Balaban J connectivity index is 0.00000196. The zero-order valence-corrected chi connectivity index (χ0v) is 9.45. The highest BCUT2D eigenvalue weighted by Crippen LogP contribution is 2.12.